The van der Waals surface area contributed by atoms with Crippen LogP contribution in [0.15, 0.2) is 12.1 Å². The van der Waals surface area contributed by atoms with Crippen LogP contribution < -0.4 is 10.6 Å². The van der Waals surface area contributed by atoms with Crippen molar-refractivity contribution in [2.45, 2.75) is 25.7 Å². The third-order valence-electron chi connectivity index (χ3n) is 2.81. The number of rotatable bonds is 4. The largest absolute Gasteiger partial charge is 0.370 e. The van der Waals surface area contributed by atoms with Crippen LogP contribution in [-0.4, -0.2) is 25.1 Å². The topological polar surface area (TPSA) is 37.0 Å². The van der Waals surface area contributed by atoms with Gasteiger partial charge in [0.15, 0.2) is 0 Å². The first-order valence-electron chi connectivity index (χ1n) is 5.77. The summed E-state index contributed by atoms with van der Waals surface area (Å²) in [6.45, 7) is 2.13. The van der Waals surface area contributed by atoms with E-state index in [1.807, 2.05) is 7.05 Å². The molecule has 0 saturated carbocycles. The summed E-state index contributed by atoms with van der Waals surface area (Å²) >= 11 is 0. The molecule has 2 N–H and O–H groups in total. The zero-order valence-corrected chi connectivity index (χ0v) is 9.34. The molecule has 2 rings (SSSR count). The van der Waals surface area contributed by atoms with Crippen molar-refractivity contribution in [1.29, 1.82) is 0 Å². The molecule has 1 aliphatic heterocycles. The monoisotopic (exact) mass is 205 g/mol. The first-order chi connectivity index (χ1) is 7.40. The maximum Gasteiger partial charge on any atom is 0.129 e. The van der Waals surface area contributed by atoms with Crippen LogP contribution in [0.1, 0.15) is 24.1 Å². The van der Waals surface area contributed by atoms with Crippen molar-refractivity contribution < 1.29 is 0 Å². The van der Waals surface area contributed by atoms with E-state index in [4.69, 9.17) is 0 Å². The number of aromatic nitrogens is 1. The third kappa shape index (κ3) is 2.69. The Kier molecular flexibility index (Phi) is 3.56. The first-order valence-corrected chi connectivity index (χ1v) is 5.77. The van der Waals surface area contributed by atoms with Gasteiger partial charge in [-0.3, -0.25) is 0 Å². The minimum absolute atomic E-state index is 1.06. The molecule has 82 valence electrons. The molecule has 1 aliphatic rings. The Hall–Kier alpha value is -1.09. The van der Waals surface area contributed by atoms with Crippen molar-refractivity contribution in [2.75, 3.05) is 25.5 Å². The zero-order chi connectivity index (χ0) is 10.5. The lowest BCUT2D eigenvalue weighted by atomic mass is 10.1. The number of fused-ring (bicyclic) bond motifs is 1. The van der Waals surface area contributed by atoms with E-state index in [-0.39, 0.29) is 0 Å². The summed E-state index contributed by atoms with van der Waals surface area (Å²) in [6, 6.07) is 4.39. The number of pyridine rings is 1. The maximum atomic E-state index is 4.65. The number of hydrogen-bond donors (Lipinski definition) is 2. The van der Waals surface area contributed by atoms with Gasteiger partial charge in [0.25, 0.3) is 0 Å². The summed E-state index contributed by atoms with van der Waals surface area (Å²) in [5, 5.41) is 6.52. The average Bonchev–Trinajstić information content (AvgIpc) is 2.29. The van der Waals surface area contributed by atoms with E-state index < -0.39 is 0 Å². The van der Waals surface area contributed by atoms with Crippen LogP contribution in [0.5, 0.6) is 0 Å². The van der Waals surface area contributed by atoms with Crippen molar-refractivity contribution in [3.05, 3.63) is 23.4 Å². The van der Waals surface area contributed by atoms with Crippen molar-refractivity contribution in [1.82, 2.24) is 10.3 Å². The summed E-state index contributed by atoms with van der Waals surface area (Å²) in [4.78, 5) is 4.65. The second-order valence-corrected chi connectivity index (χ2v) is 4.05. The Morgan fingerprint density at radius 1 is 1.47 bits per heavy atom. The second kappa shape index (κ2) is 5.12. The molecule has 1 aromatic rings. The van der Waals surface area contributed by atoms with Gasteiger partial charge in [-0.15, -0.1) is 0 Å². The normalized spacial score (nSPS) is 14.5. The van der Waals surface area contributed by atoms with Gasteiger partial charge >= 0.3 is 0 Å². The van der Waals surface area contributed by atoms with Crippen LogP contribution in [0.25, 0.3) is 0 Å². The number of hydrogen-bond acceptors (Lipinski definition) is 3. The van der Waals surface area contributed by atoms with Crippen LogP contribution in [0.4, 0.5) is 5.82 Å². The Bertz CT molecular complexity index is 323. The van der Waals surface area contributed by atoms with Crippen molar-refractivity contribution in [3.8, 4) is 0 Å². The lowest BCUT2D eigenvalue weighted by molar-refractivity contribution is 0.713. The highest BCUT2D eigenvalue weighted by Crippen LogP contribution is 2.19. The molecule has 0 bridgehead atoms. The van der Waals surface area contributed by atoms with E-state index in [9.17, 15) is 0 Å². The molecular weight excluding hydrogens is 186 g/mol. The van der Waals surface area contributed by atoms with Crippen LogP contribution in [0, 0.1) is 0 Å². The molecule has 0 saturated heterocycles. The third-order valence-corrected chi connectivity index (χ3v) is 2.81. The van der Waals surface area contributed by atoms with Gasteiger partial charge in [-0.25, -0.2) is 4.98 Å². The fraction of sp³-hybridized carbons (Fsp3) is 0.583. The van der Waals surface area contributed by atoms with Gasteiger partial charge in [0.2, 0.25) is 0 Å². The first kappa shape index (κ1) is 10.4. The Balaban J connectivity index is 2.00. The maximum absolute atomic E-state index is 4.65. The number of anilines is 1. The van der Waals surface area contributed by atoms with Gasteiger partial charge in [0, 0.05) is 12.2 Å². The van der Waals surface area contributed by atoms with Crippen molar-refractivity contribution in [2.24, 2.45) is 0 Å². The average molecular weight is 205 g/mol. The molecule has 0 aromatic carbocycles. The van der Waals surface area contributed by atoms with Gasteiger partial charge in [0.05, 0.1) is 0 Å². The lowest BCUT2D eigenvalue weighted by Gasteiger charge is -2.17. The highest BCUT2D eigenvalue weighted by Gasteiger charge is 2.09. The SMILES string of the molecule is CNCCCc1ccc2c(n1)NCCC2. The van der Waals surface area contributed by atoms with Gasteiger partial charge in [-0.1, -0.05) is 6.07 Å². The van der Waals surface area contributed by atoms with E-state index in [1.54, 1.807) is 0 Å². The van der Waals surface area contributed by atoms with E-state index >= 15 is 0 Å². The standard InChI is InChI=1S/C12H19N3/c1-13-8-3-5-11-7-6-10-4-2-9-14-12(10)15-11/h6-7,13H,2-5,8-9H2,1H3,(H,14,15). The molecule has 3 nitrogen and oxygen atoms in total. The number of nitrogens with zero attached hydrogens (tertiary/aromatic N) is 1. The molecule has 0 unspecified atom stereocenters. The number of aryl methyl sites for hydroxylation is 2. The zero-order valence-electron chi connectivity index (χ0n) is 9.34. The molecule has 0 fully saturated rings. The molecule has 0 radical (unpaired) electrons. The predicted octanol–water partition coefficient (Wildman–Crippen LogP) is 1.59. The molecule has 0 spiro atoms. The van der Waals surface area contributed by atoms with Gasteiger partial charge in [0.1, 0.15) is 5.82 Å². The molecule has 1 aromatic heterocycles. The highest BCUT2D eigenvalue weighted by atomic mass is 15.0. The molecule has 0 aliphatic carbocycles. The summed E-state index contributed by atoms with van der Waals surface area (Å²) in [6.07, 6.45) is 4.62. The minimum atomic E-state index is 1.06. The van der Waals surface area contributed by atoms with Gasteiger partial charge in [-0.05, 0) is 50.9 Å². The summed E-state index contributed by atoms with van der Waals surface area (Å²) in [5.41, 5.74) is 2.58. The van der Waals surface area contributed by atoms with E-state index in [0.717, 1.165) is 31.7 Å². The fourth-order valence-corrected chi connectivity index (χ4v) is 1.95. The molecule has 0 atom stereocenters. The van der Waals surface area contributed by atoms with Gasteiger partial charge < -0.3 is 10.6 Å². The minimum Gasteiger partial charge on any atom is -0.370 e. The summed E-state index contributed by atoms with van der Waals surface area (Å²) in [7, 11) is 1.99. The molecule has 0 amide bonds. The highest BCUT2D eigenvalue weighted by molar-refractivity contribution is 5.46. The Labute approximate surface area is 91.3 Å². The van der Waals surface area contributed by atoms with Gasteiger partial charge in [-0.2, -0.15) is 0 Å². The molecule has 2 heterocycles. The summed E-state index contributed by atoms with van der Waals surface area (Å²) < 4.78 is 0. The molecule has 3 heteroatoms. The second-order valence-electron chi connectivity index (χ2n) is 4.05. The quantitative estimate of drug-likeness (QED) is 0.733. The smallest absolute Gasteiger partial charge is 0.129 e. The Morgan fingerprint density at radius 2 is 2.40 bits per heavy atom. The van der Waals surface area contributed by atoms with Crippen molar-refractivity contribution in [3.63, 3.8) is 0 Å². The molecule has 15 heavy (non-hydrogen) atoms. The number of nitrogens with one attached hydrogen (secondary N) is 2. The van der Waals surface area contributed by atoms with Crippen LogP contribution in [0.2, 0.25) is 0 Å². The van der Waals surface area contributed by atoms with Crippen molar-refractivity contribution >= 4 is 5.82 Å². The van der Waals surface area contributed by atoms with Crippen LogP contribution in [-0.2, 0) is 12.8 Å². The van der Waals surface area contributed by atoms with Crippen LogP contribution in [0.3, 0.4) is 0 Å². The van der Waals surface area contributed by atoms with E-state index in [0.29, 0.717) is 0 Å². The fourth-order valence-electron chi connectivity index (χ4n) is 1.95. The van der Waals surface area contributed by atoms with E-state index in [1.165, 1.54) is 24.1 Å². The molecular formula is C12H19N3. The summed E-state index contributed by atoms with van der Waals surface area (Å²) in [5.74, 6) is 1.11. The van der Waals surface area contributed by atoms with Crippen LogP contribution >= 0.6 is 0 Å². The Morgan fingerprint density at radius 3 is 3.27 bits per heavy atom. The van der Waals surface area contributed by atoms with E-state index in [2.05, 4.69) is 27.8 Å². The predicted molar refractivity (Wildman–Crippen MR) is 63.3 cm³/mol. The lowest BCUT2D eigenvalue weighted by Crippen LogP contribution is -2.14.